The largest absolute Gasteiger partial charge is 0.341 e. The Hall–Kier alpha value is -1.60. The quantitative estimate of drug-likeness (QED) is 0.743. The number of para-hydroxylation sites is 1. The van der Waals surface area contributed by atoms with Crippen LogP contribution in [-0.2, 0) is 0 Å². The first-order valence-electron chi connectivity index (χ1n) is 6.53. The highest BCUT2D eigenvalue weighted by Gasteiger charge is 2.49. The van der Waals surface area contributed by atoms with Crippen LogP contribution in [0.15, 0.2) is 30.3 Å². The van der Waals surface area contributed by atoms with Crippen molar-refractivity contribution in [3.05, 3.63) is 30.3 Å². The summed E-state index contributed by atoms with van der Waals surface area (Å²) in [6.07, 6.45) is 0.961. The molecule has 1 aromatic carbocycles. The average Bonchev–Trinajstić information content (AvgIpc) is 2.92. The summed E-state index contributed by atoms with van der Waals surface area (Å²) in [5.74, 6) is 0. The van der Waals surface area contributed by atoms with Crippen molar-refractivity contribution in [1.82, 2.24) is 14.1 Å². The third kappa shape index (κ3) is 1.42. The summed E-state index contributed by atoms with van der Waals surface area (Å²) in [5, 5.41) is 1.87. The van der Waals surface area contributed by atoms with Gasteiger partial charge in [0.25, 0.3) is 0 Å². The predicted octanol–water partition coefficient (Wildman–Crippen LogP) is 2.05. The fourth-order valence-corrected chi connectivity index (χ4v) is 5.46. The van der Waals surface area contributed by atoms with Crippen molar-refractivity contribution in [3.63, 3.8) is 0 Å². The van der Waals surface area contributed by atoms with Gasteiger partial charge in [-0.15, -0.1) is 0 Å². The van der Waals surface area contributed by atoms with E-state index in [9.17, 15) is 4.79 Å². The van der Waals surface area contributed by atoms with Crippen LogP contribution < -0.4 is 4.31 Å². The monoisotopic (exact) mass is 306 g/mol. The summed E-state index contributed by atoms with van der Waals surface area (Å²) in [4.78, 5) is 16.7. The van der Waals surface area contributed by atoms with Crippen molar-refractivity contribution in [2.24, 2.45) is 0 Å². The Bertz CT molecular complexity index is 645. The average molecular weight is 306 g/mol. The molecule has 104 valence electrons. The molecule has 7 heteroatoms. The zero-order chi connectivity index (χ0) is 13.9. The topological polar surface area (TPSA) is 30.0 Å². The van der Waals surface area contributed by atoms with E-state index >= 15 is 0 Å². The van der Waals surface area contributed by atoms with Crippen molar-refractivity contribution in [2.75, 3.05) is 24.4 Å². The van der Waals surface area contributed by atoms with Gasteiger partial charge in [-0.2, -0.15) is 0 Å². The standard InChI is InChI=1S/C13H14N4OS2/c1-14-12(19)16-9-5-8-15-11(18)17(20(14)13(15)16)10-6-3-2-4-7-10/h2-4,6-7H,5,8-9H2,1H3. The van der Waals surface area contributed by atoms with Crippen molar-refractivity contribution in [3.8, 4) is 0 Å². The number of thiocarbonyl (C=S) groups is 1. The van der Waals surface area contributed by atoms with E-state index in [2.05, 4.69) is 4.90 Å². The number of nitrogens with zero attached hydrogens (tertiary/aromatic N) is 4. The van der Waals surface area contributed by atoms with Crippen LogP contribution in [0.3, 0.4) is 0 Å². The van der Waals surface area contributed by atoms with Gasteiger partial charge < -0.3 is 0 Å². The van der Waals surface area contributed by atoms with E-state index in [0.29, 0.717) is 0 Å². The minimum Gasteiger partial charge on any atom is -0.296 e. The number of carbonyl (C=O) groups is 1. The van der Waals surface area contributed by atoms with Crippen LogP contribution in [0.2, 0.25) is 0 Å². The van der Waals surface area contributed by atoms with Crippen LogP contribution in [0.4, 0.5) is 10.5 Å². The number of anilines is 1. The van der Waals surface area contributed by atoms with Crippen LogP contribution in [0.5, 0.6) is 0 Å². The van der Waals surface area contributed by atoms with Gasteiger partial charge in [-0.25, -0.2) is 9.10 Å². The highest BCUT2D eigenvalue weighted by Crippen LogP contribution is 2.45. The molecule has 3 heterocycles. The maximum Gasteiger partial charge on any atom is 0.341 e. The Morgan fingerprint density at radius 3 is 2.60 bits per heavy atom. The van der Waals surface area contributed by atoms with Crippen LogP contribution in [-0.4, -0.2) is 50.5 Å². The van der Waals surface area contributed by atoms with E-state index in [1.54, 1.807) is 0 Å². The molecule has 0 aromatic heterocycles. The Labute approximate surface area is 125 Å². The summed E-state index contributed by atoms with van der Waals surface area (Å²) >= 11 is 5.52. The summed E-state index contributed by atoms with van der Waals surface area (Å²) < 4.78 is 3.91. The molecule has 2 amide bonds. The molecule has 5 nitrogen and oxygen atoms in total. The molecule has 1 saturated heterocycles. The van der Waals surface area contributed by atoms with Gasteiger partial charge >= 0.3 is 6.03 Å². The Balaban J connectivity index is 1.88. The normalized spacial score (nSPS) is 24.9. The van der Waals surface area contributed by atoms with Crippen LogP contribution in [0, 0.1) is 0 Å². The van der Waals surface area contributed by atoms with Gasteiger partial charge in [-0.05, 0) is 30.8 Å². The third-order valence-electron chi connectivity index (χ3n) is 3.72. The Kier molecular flexibility index (Phi) is 2.55. The van der Waals surface area contributed by atoms with Crippen LogP contribution >= 0.6 is 23.1 Å². The third-order valence-corrected chi connectivity index (χ3v) is 6.50. The summed E-state index contributed by atoms with van der Waals surface area (Å²) in [5.41, 5.74) is 0.930. The van der Waals surface area contributed by atoms with Crippen LogP contribution in [0.25, 0.3) is 0 Å². The lowest BCUT2D eigenvalue weighted by Crippen LogP contribution is -2.52. The molecule has 1 aromatic rings. The van der Waals surface area contributed by atoms with Crippen molar-refractivity contribution in [2.45, 2.75) is 6.42 Å². The lowest BCUT2D eigenvalue weighted by atomic mass is 10.3. The molecule has 20 heavy (non-hydrogen) atoms. The van der Waals surface area contributed by atoms with E-state index < -0.39 is 10.9 Å². The first-order valence-corrected chi connectivity index (χ1v) is 8.08. The number of hydrogen-bond acceptors (Lipinski definition) is 2. The van der Waals surface area contributed by atoms with Gasteiger partial charge in [0.1, 0.15) is 0 Å². The summed E-state index contributed by atoms with van der Waals surface area (Å²) in [6.45, 7) is 1.70. The molecule has 0 aliphatic carbocycles. The molecule has 0 saturated carbocycles. The van der Waals surface area contributed by atoms with Gasteiger partial charge in [-0.3, -0.25) is 14.1 Å². The molecular formula is C13H14N4OS2. The van der Waals surface area contributed by atoms with Gasteiger partial charge in [0.15, 0.2) is 10.2 Å². The zero-order valence-corrected chi connectivity index (χ0v) is 12.7. The van der Waals surface area contributed by atoms with E-state index in [1.165, 1.54) is 0 Å². The lowest BCUT2D eigenvalue weighted by molar-refractivity contribution is 0.224. The van der Waals surface area contributed by atoms with Crippen LogP contribution in [0.1, 0.15) is 6.42 Å². The Morgan fingerprint density at radius 1 is 1.15 bits per heavy atom. The lowest BCUT2D eigenvalue weighted by Gasteiger charge is -2.34. The SMILES string of the molecule is CN1C(=S)N2CCCN3C(=O)N(c4ccccc4)S1=C32. The molecule has 4 rings (SSSR count). The van der Waals surface area contributed by atoms with Crippen molar-refractivity contribution >= 4 is 45.0 Å². The van der Waals surface area contributed by atoms with E-state index in [1.807, 2.05) is 50.9 Å². The molecule has 1 unspecified atom stereocenters. The number of hydrogen-bond donors (Lipinski definition) is 0. The first kappa shape index (κ1) is 12.2. The number of amides is 2. The smallest absolute Gasteiger partial charge is 0.296 e. The van der Waals surface area contributed by atoms with Gasteiger partial charge in [0.2, 0.25) is 0 Å². The Morgan fingerprint density at radius 2 is 1.85 bits per heavy atom. The second kappa shape index (κ2) is 4.20. The molecule has 3 aliphatic heterocycles. The second-order valence-corrected chi connectivity index (χ2v) is 7.07. The maximum atomic E-state index is 12.7. The van der Waals surface area contributed by atoms with Crippen molar-refractivity contribution < 1.29 is 4.79 Å². The fourth-order valence-electron chi connectivity index (χ4n) is 2.80. The van der Waals surface area contributed by atoms with E-state index in [0.717, 1.165) is 35.4 Å². The highest BCUT2D eigenvalue weighted by molar-refractivity contribution is 8.17. The number of carbonyl (C=O) groups excluding carboxylic acids is 1. The first-order chi connectivity index (χ1) is 9.70. The predicted molar refractivity (Wildman–Crippen MR) is 85.3 cm³/mol. The highest BCUT2D eigenvalue weighted by atomic mass is 32.2. The molecule has 1 atom stereocenters. The van der Waals surface area contributed by atoms with Gasteiger partial charge in [0, 0.05) is 20.1 Å². The van der Waals surface area contributed by atoms with E-state index in [-0.39, 0.29) is 6.03 Å². The zero-order valence-electron chi connectivity index (χ0n) is 11.0. The minimum absolute atomic E-state index is 0.0635. The molecule has 0 radical (unpaired) electrons. The molecule has 1 fully saturated rings. The minimum atomic E-state index is -0.426. The molecule has 0 bridgehead atoms. The van der Waals surface area contributed by atoms with Gasteiger partial charge in [-0.1, -0.05) is 18.2 Å². The number of benzene rings is 1. The molecule has 3 aliphatic rings. The second-order valence-electron chi connectivity index (χ2n) is 4.90. The number of urea groups is 1. The van der Waals surface area contributed by atoms with E-state index in [4.69, 9.17) is 12.2 Å². The summed E-state index contributed by atoms with van der Waals surface area (Å²) in [6, 6.07) is 9.89. The molecule has 0 spiro atoms. The fraction of sp³-hybridized carbons (Fsp3) is 0.308. The summed E-state index contributed by atoms with van der Waals surface area (Å²) in [7, 11) is 1.55. The maximum absolute atomic E-state index is 12.7. The van der Waals surface area contributed by atoms with Crippen molar-refractivity contribution in [1.29, 1.82) is 0 Å². The molecule has 0 N–H and O–H groups in total. The molecular weight excluding hydrogens is 292 g/mol. The number of rotatable bonds is 1. The van der Waals surface area contributed by atoms with Gasteiger partial charge in [0.05, 0.1) is 16.5 Å².